The molecule has 0 spiro atoms. The van der Waals surface area contributed by atoms with Crippen molar-refractivity contribution in [3.05, 3.63) is 122 Å². The Bertz CT molecular complexity index is 1630. The second-order valence-corrected chi connectivity index (χ2v) is 8.46. The number of hydrogen-bond donors (Lipinski definition) is 0. The Morgan fingerprint density at radius 3 is 1.97 bits per heavy atom. The Morgan fingerprint density at radius 2 is 1.12 bits per heavy atom. The fraction of sp³-hybridized carbons (Fsp3) is 0. The van der Waals surface area contributed by atoms with Crippen LogP contribution in [0.1, 0.15) is 0 Å². The van der Waals surface area contributed by atoms with Crippen molar-refractivity contribution in [3.8, 4) is 22.3 Å². The summed E-state index contributed by atoms with van der Waals surface area (Å²) in [6, 6.07) is 39.0. The van der Waals surface area contributed by atoms with E-state index in [9.17, 15) is 0 Å². The number of pyridine rings is 1. The van der Waals surface area contributed by atoms with Gasteiger partial charge in [0.25, 0.3) is 0 Å². The second kappa shape index (κ2) is 7.04. The van der Waals surface area contributed by atoms with Gasteiger partial charge >= 0.3 is 0 Å². The molecule has 0 saturated carbocycles. The molecule has 1 aliphatic carbocycles. The van der Waals surface area contributed by atoms with Crippen LogP contribution in [0.15, 0.2) is 122 Å². The van der Waals surface area contributed by atoms with Gasteiger partial charge in [0.15, 0.2) is 0 Å². The van der Waals surface area contributed by atoms with Gasteiger partial charge in [0, 0.05) is 28.0 Å². The first-order chi connectivity index (χ1) is 16.4. The van der Waals surface area contributed by atoms with Gasteiger partial charge in [-0.05, 0) is 45.8 Å². The smallest absolute Gasteiger partial charge is 0.0723 e. The van der Waals surface area contributed by atoms with Crippen molar-refractivity contribution in [1.29, 1.82) is 0 Å². The first-order valence-electron chi connectivity index (χ1n) is 11.2. The lowest BCUT2D eigenvalue weighted by Crippen LogP contribution is -2.11. The summed E-state index contributed by atoms with van der Waals surface area (Å²) in [5, 5.41) is 4.89. The molecule has 0 N–H and O–H groups in total. The van der Waals surface area contributed by atoms with Gasteiger partial charge in [0.2, 0.25) is 0 Å². The number of nitrogens with zero attached hydrogens (tertiary/aromatic N) is 2. The summed E-state index contributed by atoms with van der Waals surface area (Å²) in [4.78, 5) is 6.95. The Kier molecular flexibility index (Phi) is 3.88. The minimum Gasteiger partial charge on any atom is -0.308 e. The lowest BCUT2D eigenvalue weighted by atomic mass is 10.00. The maximum absolute atomic E-state index is 4.60. The normalized spacial score (nSPS) is 11.6. The van der Waals surface area contributed by atoms with Gasteiger partial charge in [0.1, 0.15) is 0 Å². The predicted octanol–water partition coefficient (Wildman–Crippen LogP) is 8.51. The Hall–Kier alpha value is -4.43. The summed E-state index contributed by atoms with van der Waals surface area (Å²) in [6.45, 7) is 0. The van der Waals surface area contributed by atoms with Crippen molar-refractivity contribution in [2.24, 2.45) is 0 Å². The van der Waals surface area contributed by atoms with Gasteiger partial charge < -0.3 is 4.90 Å². The standard InChI is InChI=1S/C31H20N2/c1-2-10-22(11-3-1)33(30-20-32-19-21-9-4-5-12-23(21)30)29-18-17-27-25-14-7-6-13-24(25)26-15-8-16-28(29)31(26)27/h1-20H. The molecule has 1 aromatic heterocycles. The van der Waals surface area contributed by atoms with E-state index in [4.69, 9.17) is 0 Å². The molecule has 0 saturated heterocycles. The summed E-state index contributed by atoms with van der Waals surface area (Å²) in [5.74, 6) is 0. The summed E-state index contributed by atoms with van der Waals surface area (Å²) in [6.07, 6.45) is 3.92. The lowest BCUT2D eigenvalue weighted by Gasteiger charge is -2.28. The number of rotatable bonds is 3. The zero-order chi connectivity index (χ0) is 21.8. The van der Waals surface area contributed by atoms with E-state index < -0.39 is 0 Å². The lowest BCUT2D eigenvalue weighted by molar-refractivity contribution is 1.26. The molecule has 0 amide bonds. The van der Waals surface area contributed by atoms with E-state index in [0.29, 0.717) is 0 Å². The number of hydrogen-bond acceptors (Lipinski definition) is 2. The third kappa shape index (κ3) is 2.64. The molecule has 0 radical (unpaired) electrons. The average Bonchev–Trinajstić information content (AvgIpc) is 3.22. The number of para-hydroxylation sites is 1. The number of aromatic nitrogens is 1. The summed E-state index contributed by atoms with van der Waals surface area (Å²) in [5.41, 5.74) is 8.60. The van der Waals surface area contributed by atoms with Crippen LogP contribution in [-0.2, 0) is 0 Å². The van der Waals surface area contributed by atoms with E-state index in [-0.39, 0.29) is 0 Å². The molecule has 0 unspecified atom stereocenters. The summed E-state index contributed by atoms with van der Waals surface area (Å²) < 4.78 is 0. The summed E-state index contributed by atoms with van der Waals surface area (Å²) in [7, 11) is 0. The maximum atomic E-state index is 4.60. The van der Waals surface area contributed by atoms with Gasteiger partial charge in [-0.2, -0.15) is 0 Å². The molecule has 6 aromatic rings. The van der Waals surface area contributed by atoms with Crippen LogP contribution >= 0.6 is 0 Å². The molecule has 2 heteroatoms. The highest BCUT2D eigenvalue weighted by Crippen LogP contribution is 2.51. The minimum absolute atomic E-state index is 1.08. The first kappa shape index (κ1) is 18.2. The van der Waals surface area contributed by atoms with Crippen molar-refractivity contribution < 1.29 is 0 Å². The monoisotopic (exact) mass is 420 g/mol. The molecule has 0 fully saturated rings. The van der Waals surface area contributed by atoms with Crippen LogP contribution in [0.4, 0.5) is 17.1 Å². The molecule has 0 atom stereocenters. The molecular weight excluding hydrogens is 400 g/mol. The van der Waals surface area contributed by atoms with E-state index in [1.54, 1.807) is 0 Å². The van der Waals surface area contributed by atoms with Gasteiger partial charge in [-0.3, -0.25) is 4.98 Å². The largest absolute Gasteiger partial charge is 0.308 e. The van der Waals surface area contributed by atoms with Crippen LogP contribution in [0.3, 0.4) is 0 Å². The predicted molar refractivity (Wildman–Crippen MR) is 138 cm³/mol. The highest BCUT2D eigenvalue weighted by Gasteiger charge is 2.25. The molecule has 5 aromatic carbocycles. The van der Waals surface area contributed by atoms with E-state index in [1.807, 2.05) is 12.4 Å². The molecule has 1 aliphatic rings. The van der Waals surface area contributed by atoms with Crippen molar-refractivity contribution >= 4 is 38.6 Å². The zero-order valence-electron chi connectivity index (χ0n) is 17.9. The number of anilines is 3. The minimum atomic E-state index is 1.08. The first-order valence-corrected chi connectivity index (χ1v) is 11.2. The SMILES string of the molecule is c1ccc(N(c2cncc3ccccc23)c2ccc3c4c(cccc24)-c2ccccc2-3)cc1. The van der Waals surface area contributed by atoms with Crippen LogP contribution in [0, 0.1) is 0 Å². The quantitative estimate of drug-likeness (QED) is 0.285. The topological polar surface area (TPSA) is 16.1 Å². The Balaban J connectivity index is 1.57. The van der Waals surface area contributed by atoms with Crippen LogP contribution in [0.5, 0.6) is 0 Å². The summed E-state index contributed by atoms with van der Waals surface area (Å²) >= 11 is 0. The zero-order valence-corrected chi connectivity index (χ0v) is 17.9. The van der Waals surface area contributed by atoms with Crippen LogP contribution in [0.2, 0.25) is 0 Å². The van der Waals surface area contributed by atoms with Crippen molar-refractivity contribution in [2.75, 3.05) is 4.90 Å². The van der Waals surface area contributed by atoms with Crippen molar-refractivity contribution in [2.45, 2.75) is 0 Å². The fourth-order valence-electron chi connectivity index (χ4n) is 5.25. The average molecular weight is 421 g/mol. The molecule has 2 nitrogen and oxygen atoms in total. The van der Waals surface area contributed by atoms with Crippen LogP contribution < -0.4 is 4.90 Å². The van der Waals surface area contributed by atoms with E-state index in [0.717, 1.165) is 22.4 Å². The molecule has 7 rings (SSSR count). The van der Waals surface area contributed by atoms with Gasteiger partial charge in [0.05, 0.1) is 17.6 Å². The van der Waals surface area contributed by atoms with Gasteiger partial charge in [-0.1, -0.05) is 91.0 Å². The third-order valence-corrected chi connectivity index (χ3v) is 6.67. The van der Waals surface area contributed by atoms with E-state index >= 15 is 0 Å². The molecule has 154 valence electrons. The Labute approximate surface area is 192 Å². The Morgan fingerprint density at radius 1 is 0.455 bits per heavy atom. The maximum Gasteiger partial charge on any atom is 0.0723 e. The van der Waals surface area contributed by atoms with Crippen molar-refractivity contribution in [1.82, 2.24) is 4.98 Å². The number of fused-ring (bicyclic) bond motifs is 4. The van der Waals surface area contributed by atoms with E-state index in [1.165, 1.54) is 38.4 Å². The molecule has 1 heterocycles. The molecule has 0 bridgehead atoms. The number of benzene rings is 5. The molecular formula is C31H20N2. The van der Waals surface area contributed by atoms with Crippen LogP contribution in [0.25, 0.3) is 43.8 Å². The van der Waals surface area contributed by atoms with E-state index in [2.05, 4.69) is 119 Å². The highest BCUT2D eigenvalue weighted by molar-refractivity contribution is 6.19. The van der Waals surface area contributed by atoms with Gasteiger partial charge in [-0.25, -0.2) is 0 Å². The molecule has 0 aliphatic heterocycles. The van der Waals surface area contributed by atoms with Crippen molar-refractivity contribution in [3.63, 3.8) is 0 Å². The van der Waals surface area contributed by atoms with Gasteiger partial charge in [-0.15, -0.1) is 0 Å². The molecule has 33 heavy (non-hydrogen) atoms. The second-order valence-electron chi connectivity index (χ2n) is 8.46. The fourth-order valence-corrected chi connectivity index (χ4v) is 5.25. The third-order valence-electron chi connectivity index (χ3n) is 6.67. The highest BCUT2D eigenvalue weighted by atomic mass is 15.1. The van der Waals surface area contributed by atoms with Crippen LogP contribution in [-0.4, -0.2) is 4.98 Å².